The maximum absolute atomic E-state index is 12.1. The average molecular weight is 327 g/mol. The van der Waals surface area contributed by atoms with Gasteiger partial charge in [0.15, 0.2) is 11.8 Å². The lowest BCUT2D eigenvalue weighted by Crippen LogP contribution is -2.41. The summed E-state index contributed by atoms with van der Waals surface area (Å²) in [5.74, 6) is -0.990. The molecule has 6 heteroatoms. The Hall–Kier alpha value is -2.76. The van der Waals surface area contributed by atoms with Crippen molar-refractivity contribution in [1.82, 2.24) is 15.3 Å². The third-order valence-electron chi connectivity index (χ3n) is 3.52. The maximum atomic E-state index is 12.1. The number of aryl methyl sites for hydroxylation is 1. The molecule has 1 aromatic heterocycles. The highest BCUT2D eigenvalue weighted by Gasteiger charge is 2.21. The molecule has 0 radical (unpaired) electrons. The van der Waals surface area contributed by atoms with Crippen molar-refractivity contribution in [1.29, 1.82) is 0 Å². The molecule has 126 valence electrons. The van der Waals surface area contributed by atoms with E-state index < -0.39 is 12.1 Å². The molecule has 6 nitrogen and oxygen atoms in total. The van der Waals surface area contributed by atoms with Crippen molar-refractivity contribution in [3.05, 3.63) is 60.2 Å². The van der Waals surface area contributed by atoms with Crippen LogP contribution in [0.2, 0.25) is 0 Å². The fourth-order valence-electron chi connectivity index (χ4n) is 2.14. The molecule has 24 heavy (non-hydrogen) atoms. The molecule has 2 aromatic rings. The number of rotatable bonds is 7. The Morgan fingerprint density at radius 2 is 1.92 bits per heavy atom. The van der Waals surface area contributed by atoms with Gasteiger partial charge >= 0.3 is 5.97 Å². The van der Waals surface area contributed by atoms with Crippen LogP contribution in [0.4, 0.5) is 0 Å². The molecule has 0 unspecified atom stereocenters. The van der Waals surface area contributed by atoms with E-state index in [2.05, 4.69) is 27.4 Å². The third kappa shape index (κ3) is 5.46. The number of esters is 1. The van der Waals surface area contributed by atoms with Gasteiger partial charge in [0.25, 0.3) is 5.91 Å². The minimum Gasteiger partial charge on any atom is -0.448 e. The summed E-state index contributed by atoms with van der Waals surface area (Å²) in [6, 6.07) is 10.1. The van der Waals surface area contributed by atoms with E-state index in [9.17, 15) is 9.59 Å². The first kappa shape index (κ1) is 17.6. The van der Waals surface area contributed by atoms with Gasteiger partial charge in [0.2, 0.25) is 0 Å². The van der Waals surface area contributed by atoms with Crippen LogP contribution in [-0.2, 0) is 16.0 Å². The lowest BCUT2D eigenvalue weighted by Gasteiger charge is -2.17. The van der Waals surface area contributed by atoms with Crippen molar-refractivity contribution in [2.45, 2.75) is 38.8 Å². The molecule has 1 aromatic carbocycles. The molecule has 0 fully saturated rings. The molecule has 0 aliphatic rings. The highest BCUT2D eigenvalue weighted by Crippen LogP contribution is 2.06. The first-order chi connectivity index (χ1) is 11.6. The van der Waals surface area contributed by atoms with Gasteiger partial charge in [-0.3, -0.25) is 9.78 Å². The Kier molecular flexibility index (Phi) is 6.42. The number of nitrogens with one attached hydrogen (secondary N) is 1. The number of carbonyl (C=O) groups is 2. The van der Waals surface area contributed by atoms with Crippen LogP contribution in [0, 0.1) is 0 Å². The van der Waals surface area contributed by atoms with Crippen molar-refractivity contribution >= 4 is 11.9 Å². The summed E-state index contributed by atoms with van der Waals surface area (Å²) in [7, 11) is 0. The van der Waals surface area contributed by atoms with E-state index in [4.69, 9.17) is 4.74 Å². The van der Waals surface area contributed by atoms with Crippen LogP contribution in [0.25, 0.3) is 0 Å². The monoisotopic (exact) mass is 327 g/mol. The summed E-state index contributed by atoms with van der Waals surface area (Å²) in [5, 5.41) is 2.85. The average Bonchev–Trinajstić information content (AvgIpc) is 2.61. The molecule has 0 saturated heterocycles. The third-order valence-corrected chi connectivity index (χ3v) is 3.52. The van der Waals surface area contributed by atoms with Crippen LogP contribution >= 0.6 is 0 Å². The predicted molar refractivity (Wildman–Crippen MR) is 89.3 cm³/mol. The van der Waals surface area contributed by atoms with E-state index in [1.807, 2.05) is 25.1 Å². The lowest BCUT2D eigenvalue weighted by molar-refractivity contribution is -0.129. The number of hydrogen-bond donors (Lipinski definition) is 1. The summed E-state index contributed by atoms with van der Waals surface area (Å²) >= 11 is 0. The van der Waals surface area contributed by atoms with Crippen molar-refractivity contribution in [3.63, 3.8) is 0 Å². The second-order valence-electron chi connectivity index (χ2n) is 5.57. The van der Waals surface area contributed by atoms with E-state index in [0.717, 1.165) is 12.8 Å². The summed E-state index contributed by atoms with van der Waals surface area (Å²) in [5.41, 5.74) is 1.30. The van der Waals surface area contributed by atoms with Gasteiger partial charge in [-0.1, -0.05) is 30.3 Å². The maximum Gasteiger partial charge on any atom is 0.359 e. The zero-order valence-corrected chi connectivity index (χ0v) is 13.8. The Bertz CT molecular complexity index is 662. The van der Waals surface area contributed by atoms with Crippen molar-refractivity contribution in [2.75, 3.05) is 0 Å². The van der Waals surface area contributed by atoms with Crippen molar-refractivity contribution < 1.29 is 14.3 Å². The number of nitrogens with zero attached hydrogens (tertiary/aromatic N) is 2. The van der Waals surface area contributed by atoms with E-state index in [1.165, 1.54) is 31.1 Å². The minimum absolute atomic E-state index is 0.0182. The number of aromatic nitrogens is 2. The smallest absolute Gasteiger partial charge is 0.359 e. The predicted octanol–water partition coefficient (Wildman–Crippen LogP) is 2.16. The molecule has 2 atom stereocenters. The van der Waals surface area contributed by atoms with Gasteiger partial charge in [0.05, 0.1) is 6.20 Å². The normalized spacial score (nSPS) is 12.9. The molecule has 1 N–H and O–H groups in total. The first-order valence-electron chi connectivity index (χ1n) is 7.87. The molecule has 0 aliphatic carbocycles. The molecule has 0 spiro atoms. The number of benzene rings is 1. The number of amides is 1. The zero-order valence-electron chi connectivity index (χ0n) is 13.8. The SMILES string of the molecule is C[C@H](OC(=O)c1cnccn1)C(=O)N[C@@H](C)CCc1ccccc1. The quantitative estimate of drug-likeness (QED) is 0.788. The Balaban J connectivity index is 1.77. The molecule has 1 amide bonds. The van der Waals surface area contributed by atoms with Gasteiger partial charge in [-0.25, -0.2) is 9.78 Å². The number of hydrogen-bond acceptors (Lipinski definition) is 5. The lowest BCUT2D eigenvalue weighted by atomic mass is 10.1. The topological polar surface area (TPSA) is 81.2 Å². The number of carbonyl (C=O) groups excluding carboxylic acids is 2. The minimum atomic E-state index is -0.890. The zero-order chi connectivity index (χ0) is 17.4. The fraction of sp³-hybridized carbons (Fsp3) is 0.333. The standard InChI is InChI=1S/C18H21N3O3/c1-13(8-9-15-6-4-3-5-7-15)21-17(22)14(2)24-18(23)16-12-19-10-11-20-16/h3-7,10-14H,8-9H2,1-2H3,(H,21,22)/t13-,14-/m0/s1. The molecule has 0 bridgehead atoms. The van der Waals surface area contributed by atoms with Crippen LogP contribution < -0.4 is 5.32 Å². The van der Waals surface area contributed by atoms with Crippen LogP contribution in [0.15, 0.2) is 48.9 Å². The van der Waals surface area contributed by atoms with E-state index in [-0.39, 0.29) is 17.6 Å². The molecule has 0 aliphatic heterocycles. The van der Waals surface area contributed by atoms with Gasteiger partial charge in [-0.2, -0.15) is 0 Å². The molecule has 0 saturated carbocycles. The van der Waals surface area contributed by atoms with Gasteiger partial charge < -0.3 is 10.1 Å². The molecule has 2 rings (SSSR count). The van der Waals surface area contributed by atoms with E-state index in [0.29, 0.717) is 0 Å². The van der Waals surface area contributed by atoms with E-state index in [1.54, 1.807) is 0 Å². The van der Waals surface area contributed by atoms with Gasteiger partial charge in [-0.05, 0) is 32.3 Å². The second-order valence-corrected chi connectivity index (χ2v) is 5.57. The van der Waals surface area contributed by atoms with Gasteiger partial charge in [-0.15, -0.1) is 0 Å². The summed E-state index contributed by atoms with van der Waals surface area (Å²) < 4.78 is 5.11. The number of ether oxygens (including phenoxy) is 1. The van der Waals surface area contributed by atoms with Crippen LogP contribution in [0.5, 0.6) is 0 Å². The molecule has 1 heterocycles. The molecular weight excluding hydrogens is 306 g/mol. The highest BCUT2D eigenvalue weighted by atomic mass is 16.5. The summed E-state index contributed by atoms with van der Waals surface area (Å²) in [4.78, 5) is 31.6. The van der Waals surface area contributed by atoms with E-state index >= 15 is 0 Å². The van der Waals surface area contributed by atoms with Crippen molar-refractivity contribution in [2.24, 2.45) is 0 Å². The molecular formula is C18H21N3O3. The largest absolute Gasteiger partial charge is 0.448 e. The van der Waals surface area contributed by atoms with Crippen LogP contribution in [0.3, 0.4) is 0 Å². The summed E-state index contributed by atoms with van der Waals surface area (Å²) in [6.45, 7) is 3.46. The summed E-state index contributed by atoms with van der Waals surface area (Å²) in [6.07, 6.45) is 4.94. The Labute approximate surface area is 141 Å². The van der Waals surface area contributed by atoms with Crippen LogP contribution in [-0.4, -0.2) is 34.0 Å². The Morgan fingerprint density at radius 1 is 1.17 bits per heavy atom. The Morgan fingerprint density at radius 3 is 2.58 bits per heavy atom. The fourth-order valence-corrected chi connectivity index (χ4v) is 2.14. The van der Waals surface area contributed by atoms with Crippen molar-refractivity contribution in [3.8, 4) is 0 Å². The first-order valence-corrected chi connectivity index (χ1v) is 7.87. The highest BCUT2D eigenvalue weighted by molar-refractivity contribution is 5.90. The van der Waals surface area contributed by atoms with Crippen LogP contribution in [0.1, 0.15) is 36.3 Å². The van der Waals surface area contributed by atoms with Gasteiger partial charge in [0.1, 0.15) is 0 Å². The van der Waals surface area contributed by atoms with Gasteiger partial charge in [0, 0.05) is 18.4 Å². The second kappa shape index (κ2) is 8.76.